The van der Waals surface area contributed by atoms with Crippen LogP contribution in [0.1, 0.15) is 5.56 Å². The van der Waals surface area contributed by atoms with Gasteiger partial charge in [-0.05, 0) is 24.1 Å². The minimum absolute atomic E-state index is 0.263. The van der Waals surface area contributed by atoms with Crippen molar-refractivity contribution < 1.29 is 8.42 Å². The predicted octanol–water partition coefficient (Wildman–Crippen LogP) is 0.326. The highest BCUT2D eigenvalue weighted by molar-refractivity contribution is 7.89. The van der Waals surface area contributed by atoms with Crippen LogP contribution >= 0.6 is 0 Å². The van der Waals surface area contributed by atoms with Crippen LogP contribution in [0.3, 0.4) is 0 Å². The highest BCUT2D eigenvalue weighted by atomic mass is 32.2. The summed E-state index contributed by atoms with van der Waals surface area (Å²) in [7, 11) is -1.63. The largest absolute Gasteiger partial charge is 0.374 e. The van der Waals surface area contributed by atoms with E-state index < -0.39 is 10.0 Å². The number of rotatable bonds is 1. The molecule has 1 aliphatic heterocycles. The Kier molecular flexibility index (Phi) is 2.01. The third-order valence-corrected chi connectivity index (χ3v) is 3.52. The van der Waals surface area contributed by atoms with Gasteiger partial charge in [0.2, 0.25) is 10.0 Å². The summed E-state index contributed by atoms with van der Waals surface area (Å²) in [5, 5.41) is 5.13. The van der Waals surface area contributed by atoms with Gasteiger partial charge in [0.15, 0.2) is 0 Å². The average Bonchev–Trinajstić information content (AvgIpc) is 2.46. The Bertz CT molecular complexity index is 468. The average molecular weight is 212 g/mol. The standard InChI is InChI=1S/C9H12N2O2S/c1-11-6-5-7-8(11)3-2-4-9(7)14(10,12)13/h2-4H,5-6H2,1H3,(H2,10,12,13). The maximum Gasteiger partial charge on any atom is 0.238 e. The van der Waals surface area contributed by atoms with Crippen molar-refractivity contribution in [3.05, 3.63) is 23.8 Å². The third-order valence-electron chi connectivity index (χ3n) is 2.52. The van der Waals surface area contributed by atoms with Gasteiger partial charge in [0.05, 0.1) is 4.90 Å². The van der Waals surface area contributed by atoms with Crippen LogP contribution in [0.15, 0.2) is 23.1 Å². The molecule has 1 aromatic carbocycles. The lowest BCUT2D eigenvalue weighted by Gasteiger charge is -2.12. The van der Waals surface area contributed by atoms with Crippen LogP contribution in [0, 0.1) is 0 Å². The summed E-state index contributed by atoms with van der Waals surface area (Å²) in [6.45, 7) is 0.849. The topological polar surface area (TPSA) is 63.4 Å². The van der Waals surface area contributed by atoms with Gasteiger partial charge in [-0.3, -0.25) is 0 Å². The first kappa shape index (κ1) is 9.48. The molecule has 0 amide bonds. The Morgan fingerprint density at radius 1 is 1.43 bits per heavy atom. The number of nitrogens with two attached hydrogens (primary N) is 1. The Labute approximate surface area is 83.4 Å². The van der Waals surface area contributed by atoms with Crippen LogP contribution in [-0.4, -0.2) is 22.0 Å². The van der Waals surface area contributed by atoms with Crippen LogP contribution in [-0.2, 0) is 16.4 Å². The van der Waals surface area contributed by atoms with Crippen LogP contribution in [0.25, 0.3) is 0 Å². The molecule has 0 saturated heterocycles. The zero-order chi connectivity index (χ0) is 10.3. The molecule has 1 heterocycles. The minimum Gasteiger partial charge on any atom is -0.374 e. The van der Waals surface area contributed by atoms with Crippen molar-refractivity contribution in [2.45, 2.75) is 11.3 Å². The maximum absolute atomic E-state index is 11.3. The van der Waals surface area contributed by atoms with Crippen molar-refractivity contribution >= 4 is 15.7 Å². The molecule has 1 aliphatic rings. The fraction of sp³-hybridized carbons (Fsp3) is 0.333. The van der Waals surface area contributed by atoms with Crippen LogP contribution in [0.4, 0.5) is 5.69 Å². The number of fused-ring (bicyclic) bond motifs is 1. The number of nitrogens with zero attached hydrogens (tertiary/aromatic N) is 1. The zero-order valence-electron chi connectivity index (χ0n) is 7.90. The first-order valence-corrected chi connectivity index (χ1v) is 5.90. The smallest absolute Gasteiger partial charge is 0.238 e. The van der Waals surface area contributed by atoms with E-state index in [2.05, 4.69) is 0 Å². The summed E-state index contributed by atoms with van der Waals surface area (Å²) >= 11 is 0. The molecule has 14 heavy (non-hydrogen) atoms. The summed E-state index contributed by atoms with van der Waals surface area (Å²) < 4.78 is 22.5. The number of likely N-dealkylation sites (N-methyl/N-ethyl adjacent to an activating group) is 1. The van der Waals surface area contributed by atoms with Gasteiger partial charge in [0.1, 0.15) is 0 Å². The van der Waals surface area contributed by atoms with E-state index in [0.717, 1.165) is 24.2 Å². The van der Waals surface area contributed by atoms with Crippen LogP contribution in [0.5, 0.6) is 0 Å². The lowest BCUT2D eigenvalue weighted by molar-refractivity contribution is 0.597. The van der Waals surface area contributed by atoms with Crippen LogP contribution < -0.4 is 10.0 Å². The molecule has 2 N–H and O–H groups in total. The summed E-state index contributed by atoms with van der Waals surface area (Å²) in [6, 6.07) is 5.20. The van der Waals surface area contributed by atoms with E-state index >= 15 is 0 Å². The van der Waals surface area contributed by atoms with E-state index in [9.17, 15) is 8.42 Å². The highest BCUT2D eigenvalue weighted by Crippen LogP contribution is 2.31. The quantitative estimate of drug-likeness (QED) is 0.729. The van der Waals surface area contributed by atoms with Crippen LogP contribution in [0.2, 0.25) is 0 Å². The molecule has 1 aromatic rings. The van der Waals surface area contributed by atoms with Crippen molar-refractivity contribution in [2.24, 2.45) is 5.14 Å². The molecule has 0 fully saturated rings. The molecule has 76 valence electrons. The lowest BCUT2D eigenvalue weighted by Crippen LogP contribution is -2.14. The molecular formula is C9H12N2O2S. The molecule has 0 bridgehead atoms. The van der Waals surface area contributed by atoms with Crippen molar-refractivity contribution in [2.75, 3.05) is 18.5 Å². The van der Waals surface area contributed by atoms with E-state index in [1.54, 1.807) is 12.1 Å². The van der Waals surface area contributed by atoms with E-state index in [1.165, 1.54) is 0 Å². The van der Waals surface area contributed by atoms with Gasteiger partial charge in [-0.2, -0.15) is 0 Å². The number of sulfonamides is 1. The van der Waals surface area contributed by atoms with Gasteiger partial charge >= 0.3 is 0 Å². The summed E-state index contributed by atoms with van der Waals surface area (Å²) in [5.41, 5.74) is 1.81. The van der Waals surface area contributed by atoms with Gasteiger partial charge in [0.25, 0.3) is 0 Å². The highest BCUT2D eigenvalue weighted by Gasteiger charge is 2.23. The van der Waals surface area contributed by atoms with Crippen molar-refractivity contribution in [3.8, 4) is 0 Å². The second-order valence-electron chi connectivity index (χ2n) is 3.47. The third kappa shape index (κ3) is 1.38. The lowest BCUT2D eigenvalue weighted by atomic mass is 10.2. The number of anilines is 1. The van der Waals surface area contributed by atoms with E-state index in [4.69, 9.17) is 5.14 Å². The van der Waals surface area contributed by atoms with Gasteiger partial charge in [-0.1, -0.05) is 6.07 Å². The SMILES string of the molecule is CN1CCc2c1cccc2S(N)(=O)=O. The fourth-order valence-corrected chi connectivity index (χ4v) is 2.65. The Hall–Kier alpha value is -1.07. The Balaban J connectivity index is 2.67. The Morgan fingerprint density at radius 3 is 2.79 bits per heavy atom. The number of benzene rings is 1. The summed E-state index contributed by atoms with van der Waals surface area (Å²) in [6.07, 6.45) is 0.748. The monoisotopic (exact) mass is 212 g/mol. The zero-order valence-corrected chi connectivity index (χ0v) is 8.71. The molecule has 0 atom stereocenters. The predicted molar refractivity (Wildman–Crippen MR) is 54.8 cm³/mol. The fourth-order valence-electron chi connectivity index (χ4n) is 1.83. The minimum atomic E-state index is -3.58. The molecule has 0 unspecified atom stereocenters. The second kappa shape index (κ2) is 2.96. The number of primary sulfonamides is 1. The molecule has 2 rings (SSSR count). The Morgan fingerprint density at radius 2 is 2.14 bits per heavy atom. The second-order valence-corrected chi connectivity index (χ2v) is 5.00. The maximum atomic E-state index is 11.3. The van der Waals surface area contributed by atoms with Crippen molar-refractivity contribution in [1.29, 1.82) is 0 Å². The van der Waals surface area contributed by atoms with Gasteiger partial charge < -0.3 is 4.90 Å². The molecular weight excluding hydrogens is 200 g/mol. The normalized spacial score (nSPS) is 15.7. The van der Waals surface area contributed by atoms with Crippen molar-refractivity contribution in [1.82, 2.24) is 0 Å². The first-order valence-electron chi connectivity index (χ1n) is 4.36. The molecule has 4 nitrogen and oxygen atoms in total. The molecule has 0 spiro atoms. The molecule has 0 radical (unpaired) electrons. The summed E-state index contributed by atoms with van der Waals surface area (Å²) in [5.74, 6) is 0. The molecule has 5 heteroatoms. The molecule has 0 saturated carbocycles. The number of hydrogen-bond donors (Lipinski definition) is 1. The molecule has 0 aromatic heterocycles. The first-order chi connectivity index (χ1) is 6.50. The van der Waals surface area contributed by atoms with E-state index in [0.29, 0.717) is 0 Å². The summed E-state index contributed by atoms with van der Waals surface area (Å²) in [4.78, 5) is 2.30. The van der Waals surface area contributed by atoms with E-state index in [1.807, 2.05) is 18.0 Å². The van der Waals surface area contributed by atoms with Gasteiger partial charge in [-0.15, -0.1) is 0 Å². The number of hydrogen-bond acceptors (Lipinski definition) is 3. The molecule has 0 aliphatic carbocycles. The van der Waals surface area contributed by atoms with Gasteiger partial charge in [-0.25, -0.2) is 13.6 Å². The van der Waals surface area contributed by atoms with Crippen molar-refractivity contribution in [3.63, 3.8) is 0 Å². The van der Waals surface area contributed by atoms with E-state index in [-0.39, 0.29) is 4.90 Å². The van der Waals surface area contributed by atoms with Gasteiger partial charge in [0, 0.05) is 19.3 Å².